The van der Waals surface area contributed by atoms with E-state index in [0.717, 1.165) is 6.42 Å². The normalized spacial score (nSPS) is 18.8. The van der Waals surface area contributed by atoms with Crippen molar-refractivity contribution in [3.63, 3.8) is 0 Å². The van der Waals surface area contributed by atoms with Crippen molar-refractivity contribution in [3.8, 4) is 0 Å². The first-order valence-electron chi connectivity index (χ1n) is 7.54. The Morgan fingerprint density at radius 1 is 1.21 bits per heavy atom. The van der Waals surface area contributed by atoms with E-state index >= 15 is 0 Å². The quantitative estimate of drug-likeness (QED) is 0.750. The molecule has 1 aliphatic rings. The number of benzene rings is 1. The van der Waals surface area contributed by atoms with Gasteiger partial charge < -0.3 is 15.6 Å². The van der Waals surface area contributed by atoms with Crippen LogP contribution in [0.25, 0.3) is 0 Å². The third-order valence-corrected chi connectivity index (χ3v) is 4.43. The van der Waals surface area contributed by atoms with Crippen molar-refractivity contribution in [2.24, 2.45) is 11.8 Å². The molecule has 1 fully saturated rings. The second-order valence-corrected chi connectivity index (χ2v) is 6.82. The summed E-state index contributed by atoms with van der Waals surface area (Å²) in [7, 11) is 0. The first-order chi connectivity index (χ1) is 11.4. The molecule has 1 saturated carbocycles. The van der Waals surface area contributed by atoms with Gasteiger partial charge in [0.15, 0.2) is 0 Å². The van der Waals surface area contributed by atoms with Crippen LogP contribution in [0.1, 0.15) is 23.7 Å². The van der Waals surface area contributed by atoms with Gasteiger partial charge in [-0.1, -0.05) is 6.92 Å². The van der Waals surface area contributed by atoms with E-state index in [2.05, 4.69) is 31.5 Å². The van der Waals surface area contributed by atoms with Crippen LogP contribution in [-0.4, -0.2) is 16.8 Å². The Bertz CT molecular complexity index is 845. The molecule has 1 heterocycles. The maximum absolute atomic E-state index is 12.2. The summed E-state index contributed by atoms with van der Waals surface area (Å²) in [5, 5.41) is 5.40. The molecule has 124 valence electrons. The molecular weight excluding hydrogens is 374 g/mol. The lowest BCUT2D eigenvalue weighted by Gasteiger charge is -2.07. The number of carbonyl (C=O) groups is 2. The number of pyridine rings is 1. The van der Waals surface area contributed by atoms with E-state index in [0.29, 0.717) is 21.6 Å². The van der Waals surface area contributed by atoms with Gasteiger partial charge in [0, 0.05) is 27.8 Å². The van der Waals surface area contributed by atoms with Gasteiger partial charge in [-0.2, -0.15) is 0 Å². The smallest absolute Gasteiger partial charge is 0.271 e. The van der Waals surface area contributed by atoms with Gasteiger partial charge in [-0.05, 0) is 58.6 Å². The molecule has 3 rings (SSSR count). The van der Waals surface area contributed by atoms with E-state index in [-0.39, 0.29) is 23.1 Å². The molecule has 24 heavy (non-hydrogen) atoms. The monoisotopic (exact) mass is 389 g/mol. The highest BCUT2D eigenvalue weighted by atomic mass is 79.9. The molecule has 1 aromatic carbocycles. The summed E-state index contributed by atoms with van der Waals surface area (Å²) in [6.07, 6.45) is 2.42. The third-order valence-electron chi connectivity index (χ3n) is 3.98. The molecule has 0 spiro atoms. The zero-order valence-corrected chi connectivity index (χ0v) is 14.5. The van der Waals surface area contributed by atoms with Crippen molar-refractivity contribution in [1.29, 1.82) is 0 Å². The van der Waals surface area contributed by atoms with E-state index in [1.165, 1.54) is 12.3 Å². The summed E-state index contributed by atoms with van der Waals surface area (Å²) >= 11 is 3.23. The van der Waals surface area contributed by atoms with Crippen LogP contribution in [0.2, 0.25) is 0 Å². The number of amides is 2. The lowest BCUT2D eigenvalue weighted by molar-refractivity contribution is -0.117. The number of hydrogen-bond acceptors (Lipinski definition) is 3. The van der Waals surface area contributed by atoms with Gasteiger partial charge >= 0.3 is 0 Å². The number of rotatable bonds is 4. The Kier molecular flexibility index (Phi) is 4.53. The molecule has 0 bridgehead atoms. The Morgan fingerprint density at radius 2 is 1.88 bits per heavy atom. The number of halogens is 1. The average Bonchev–Trinajstić information content (AvgIpc) is 3.28. The minimum absolute atomic E-state index is 0.0142. The van der Waals surface area contributed by atoms with Crippen LogP contribution >= 0.6 is 15.9 Å². The number of aromatic amines is 1. The van der Waals surface area contributed by atoms with Gasteiger partial charge in [0.05, 0.1) is 0 Å². The maximum atomic E-state index is 12.2. The fraction of sp³-hybridized carbons (Fsp3) is 0.235. The zero-order chi connectivity index (χ0) is 17.3. The molecular formula is C17H16BrN3O3. The summed E-state index contributed by atoms with van der Waals surface area (Å²) in [5.74, 6) is 0.155. The minimum Gasteiger partial charge on any atom is -0.326 e. The molecule has 3 N–H and O–H groups in total. The number of hydrogen-bond donors (Lipinski definition) is 3. The fourth-order valence-corrected chi connectivity index (χ4v) is 2.72. The molecule has 0 radical (unpaired) electrons. The Labute approximate surface area is 146 Å². The van der Waals surface area contributed by atoms with Gasteiger partial charge in [0.2, 0.25) is 5.91 Å². The van der Waals surface area contributed by atoms with Crippen molar-refractivity contribution in [2.75, 3.05) is 10.6 Å². The van der Waals surface area contributed by atoms with Gasteiger partial charge in [-0.25, -0.2) is 0 Å². The molecule has 1 aliphatic carbocycles. The first kappa shape index (κ1) is 16.4. The van der Waals surface area contributed by atoms with E-state index in [1.54, 1.807) is 24.3 Å². The lowest BCUT2D eigenvalue weighted by atomic mass is 10.2. The fourth-order valence-electron chi connectivity index (χ4n) is 2.37. The number of anilines is 2. The van der Waals surface area contributed by atoms with Crippen molar-refractivity contribution < 1.29 is 9.59 Å². The summed E-state index contributed by atoms with van der Waals surface area (Å²) in [6.45, 7) is 2.04. The van der Waals surface area contributed by atoms with Gasteiger partial charge in [0.25, 0.3) is 11.5 Å². The van der Waals surface area contributed by atoms with Gasteiger partial charge in [0.1, 0.15) is 5.69 Å². The van der Waals surface area contributed by atoms with Crippen molar-refractivity contribution in [2.45, 2.75) is 13.3 Å². The van der Waals surface area contributed by atoms with E-state index in [1.807, 2.05) is 6.92 Å². The molecule has 0 aliphatic heterocycles. The minimum atomic E-state index is -0.396. The molecule has 1 aromatic heterocycles. The Hall–Kier alpha value is -2.41. The van der Waals surface area contributed by atoms with Crippen LogP contribution in [0.15, 0.2) is 45.8 Å². The van der Waals surface area contributed by atoms with Crippen molar-refractivity contribution in [3.05, 3.63) is 56.9 Å². The van der Waals surface area contributed by atoms with Crippen LogP contribution in [0.5, 0.6) is 0 Å². The highest BCUT2D eigenvalue weighted by molar-refractivity contribution is 9.10. The largest absolute Gasteiger partial charge is 0.326 e. The molecule has 2 amide bonds. The van der Waals surface area contributed by atoms with Gasteiger partial charge in [-0.15, -0.1) is 0 Å². The predicted molar refractivity (Wildman–Crippen MR) is 95.1 cm³/mol. The summed E-state index contributed by atoms with van der Waals surface area (Å²) in [5.41, 5.74) is 0.826. The second kappa shape index (κ2) is 6.60. The van der Waals surface area contributed by atoms with Gasteiger partial charge in [-0.3, -0.25) is 14.4 Å². The number of aromatic nitrogens is 1. The van der Waals surface area contributed by atoms with Crippen LogP contribution in [0, 0.1) is 11.8 Å². The highest BCUT2D eigenvalue weighted by Gasteiger charge is 2.39. The SMILES string of the molecule is CC1CC1C(=O)Nc1ccc(C(=O)Nc2cc(Br)c[nH]c2=O)cc1. The maximum Gasteiger partial charge on any atom is 0.271 e. The van der Waals surface area contributed by atoms with Crippen LogP contribution in [0.3, 0.4) is 0 Å². The molecule has 0 saturated heterocycles. The van der Waals surface area contributed by atoms with Crippen LogP contribution < -0.4 is 16.2 Å². The van der Waals surface area contributed by atoms with Crippen molar-refractivity contribution >= 4 is 39.1 Å². The van der Waals surface area contributed by atoms with Crippen LogP contribution in [0.4, 0.5) is 11.4 Å². The lowest BCUT2D eigenvalue weighted by Crippen LogP contribution is -2.19. The Morgan fingerprint density at radius 3 is 2.50 bits per heavy atom. The molecule has 2 aromatic rings. The number of carbonyl (C=O) groups excluding carboxylic acids is 2. The van der Waals surface area contributed by atoms with Crippen molar-refractivity contribution in [1.82, 2.24) is 4.98 Å². The predicted octanol–water partition coefficient (Wildman–Crippen LogP) is 2.98. The Balaban J connectivity index is 1.66. The average molecular weight is 390 g/mol. The summed E-state index contributed by atoms with van der Waals surface area (Å²) in [4.78, 5) is 38.3. The first-order valence-corrected chi connectivity index (χ1v) is 8.34. The second-order valence-electron chi connectivity index (χ2n) is 5.90. The standard InChI is InChI=1S/C17H16BrN3O3/c1-9-6-13(9)16(23)20-12-4-2-10(3-5-12)15(22)21-14-7-11(18)8-19-17(14)24/h2-5,7-9,13H,6H2,1H3,(H,19,24)(H,20,23)(H,21,22). The molecule has 2 unspecified atom stereocenters. The summed E-state index contributed by atoms with van der Waals surface area (Å²) in [6, 6.07) is 8.08. The topological polar surface area (TPSA) is 91.1 Å². The highest BCUT2D eigenvalue weighted by Crippen LogP contribution is 2.38. The molecule has 7 heteroatoms. The van der Waals surface area contributed by atoms with E-state index in [9.17, 15) is 14.4 Å². The molecule has 2 atom stereocenters. The number of nitrogens with one attached hydrogen (secondary N) is 3. The number of H-pyrrole nitrogens is 1. The summed E-state index contributed by atoms with van der Waals surface area (Å²) < 4.78 is 0.657. The molecule has 6 nitrogen and oxygen atoms in total. The van der Waals surface area contributed by atoms with Crippen LogP contribution in [-0.2, 0) is 4.79 Å². The van der Waals surface area contributed by atoms with E-state index < -0.39 is 5.91 Å². The third kappa shape index (κ3) is 3.73. The zero-order valence-electron chi connectivity index (χ0n) is 12.9. The van der Waals surface area contributed by atoms with E-state index in [4.69, 9.17) is 0 Å².